The van der Waals surface area contributed by atoms with Crippen molar-refractivity contribution in [2.75, 3.05) is 19.6 Å². The Labute approximate surface area is 169 Å². The number of non-ortho nitro benzene ring substituents is 1. The summed E-state index contributed by atoms with van der Waals surface area (Å²) < 4.78 is 6.16. The first-order valence-corrected chi connectivity index (χ1v) is 9.69. The van der Waals surface area contributed by atoms with Gasteiger partial charge < -0.3 is 20.3 Å². The first kappa shape index (κ1) is 20.1. The van der Waals surface area contributed by atoms with Crippen molar-refractivity contribution in [2.45, 2.75) is 39.2 Å². The molecule has 1 amide bonds. The van der Waals surface area contributed by atoms with Crippen molar-refractivity contribution in [1.82, 2.24) is 15.5 Å². The largest absolute Gasteiger partial charge is 0.483 e. The summed E-state index contributed by atoms with van der Waals surface area (Å²) in [5.41, 5.74) is 1.33. The van der Waals surface area contributed by atoms with Crippen LogP contribution >= 0.6 is 12.2 Å². The highest BCUT2D eigenvalue weighted by Crippen LogP contribution is 2.44. The molecule has 0 aliphatic carbocycles. The molecule has 1 aromatic carbocycles. The van der Waals surface area contributed by atoms with Gasteiger partial charge in [-0.25, -0.2) is 0 Å². The van der Waals surface area contributed by atoms with Crippen LogP contribution in [0.3, 0.4) is 0 Å². The summed E-state index contributed by atoms with van der Waals surface area (Å²) in [6, 6.07) is 4.50. The molecule has 0 aromatic heterocycles. The van der Waals surface area contributed by atoms with E-state index in [0.29, 0.717) is 48.2 Å². The van der Waals surface area contributed by atoms with Crippen molar-refractivity contribution < 1.29 is 14.5 Å². The SMILES string of the molecule is CCNC(=S)NCC1=C(N2CCCC2=O)c2cc([N+](=O)[O-])ccc2OC1(C)C. The predicted molar refractivity (Wildman–Crippen MR) is 110 cm³/mol. The number of nitrogens with one attached hydrogen (secondary N) is 2. The number of hydrogen-bond donors (Lipinski definition) is 2. The summed E-state index contributed by atoms with van der Waals surface area (Å²) in [7, 11) is 0. The molecule has 8 nitrogen and oxygen atoms in total. The average Bonchev–Trinajstić information content (AvgIpc) is 3.04. The normalized spacial score (nSPS) is 17.8. The minimum absolute atomic E-state index is 0.0110. The number of ether oxygens (including phenoxy) is 1. The maximum atomic E-state index is 12.6. The molecule has 150 valence electrons. The Balaban J connectivity index is 2.13. The van der Waals surface area contributed by atoms with E-state index in [0.717, 1.165) is 12.0 Å². The molecule has 1 saturated heterocycles. The van der Waals surface area contributed by atoms with Crippen LogP contribution in [0.5, 0.6) is 5.75 Å². The topological polar surface area (TPSA) is 96.7 Å². The molecule has 0 unspecified atom stereocenters. The first-order chi connectivity index (χ1) is 13.2. The molecule has 0 bridgehead atoms. The second-order valence-corrected chi connectivity index (χ2v) is 7.65. The summed E-state index contributed by atoms with van der Waals surface area (Å²) in [6.07, 6.45) is 1.22. The standard InChI is InChI=1S/C19H24N4O4S/c1-4-20-18(28)21-11-14-17(22-9-5-6-16(22)24)13-10-12(23(25)26)7-8-15(13)27-19(14,2)3/h7-8,10H,4-6,9,11H2,1-3H3,(H2,20,21,28). The summed E-state index contributed by atoms with van der Waals surface area (Å²) in [6.45, 7) is 7.42. The molecule has 0 radical (unpaired) electrons. The highest BCUT2D eigenvalue weighted by atomic mass is 32.1. The molecule has 0 saturated carbocycles. The number of amides is 1. The molecule has 0 atom stereocenters. The number of thiocarbonyl (C=S) groups is 1. The van der Waals surface area contributed by atoms with Crippen LogP contribution in [-0.2, 0) is 4.79 Å². The van der Waals surface area contributed by atoms with Crippen molar-refractivity contribution in [3.05, 3.63) is 39.4 Å². The van der Waals surface area contributed by atoms with Crippen LogP contribution in [0.4, 0.5) is 5.69 Å². The minimum atomic E-state index is -0.712. The van der Waals surface area contributed by atoms with Crippen LogP contribution in [0, 0.1) is 10.1 Å². The van der Waals surface area contributed by atoms with Gasteiger partial charge in [-0.15, -0.1) is 0 Å². The summed E-state index contributed by atoms with van der Waals surface area (Å²) in [4.78, 5) is 25.1. The quantitative estimate of drug-likeness (QED) is 0.442. The molecule has 3 rings (SSSR count). The highest BCUT2D eigenvalue weighted by molar-refractivity contribution is 7.80. The van der Waals surface area contributed by atoms with Gasteiger partial charge in [-0.1, -0.05) is 0 Å². The Bertz CT molecular complexity index is 865. The molecule has 2 aliphatic heterocycles. The summed E-state index contributed by atoms with van der Waals surface area (Å²) in [5, 5.41) is 18.0. The van der Waals surface area contributed by atoms with Crippen LogP contribution < -0.4 is 15.4 Å². The Kier molecular flexibility index (Phi) is 5.55. The monoisotopic (exact) mass is 404 g/mol. The lowest BCUT2D eigenvalue weighted by Crippen LogP contribution is -2.45. The molecule has 2 aliphatic rings. The van der Waals surface area contributed by atoms with Gasteiger partial charge in [0.2, 0.25) is 5.91 Å². The number of likely N-dealkylation sites (tertiary alicyclic amines) is 1. The average molecular weight is 404 g/mol. The van der Waals surface area contributed by atoms with E-state index in [1.165, 1.54) is 12.1 Å². The molecular formula is C19H24N4O4S. The van der Waals surface area contributed by atoms with Gasteiger partial charge in [0, 0.05) is 49.3 Å². The Morgan fingerprint density at radius 2 is 2.14 bits per heavy atom. The van der Waals surface area contributed by atoms with E-state index in [-0.39, 0.29) is 11.6 Å². The first-order valence-electron chi connectivity index (χ1n) is 9.28. The maximum absolute atomic E-state index is 12.6. The second kappa shape index (κ2) is 7.75. The zero-order chi connectivity index (χ0) is 20.5. The van der Waals surface area contributed by atoms with Gasteiger partial charge in [-0.3, -0.25) is 14.9 Å². The number of rotatable bonds is 5. The molecule has 28 heavy (non-hydrogen) atoms. The zero-order valence-corrected chi connectivity index (χ0v) is 17.0. The molecule has 0 spiro atoms. The lowest BCUT2D eigenvalue weighted by Gasteiger charge is -2.39. The van der Waals surface area contributed by atoms with Gasteiger partial charge in [-0.2, -0.15) is 0 Å². The van der Waals surface area contributed by atoms with E-state index >= 15 is 0 Å². The van der Waals surface area contributed by atoms with Crippen LogP contribution in [0.2, 0.25) is 0 Å². The molecule has 1 aromatic rings. The second-order valence-electron chi connectivity index (χ2n) is 7.24. The number of hydrogen-bond acceptors (Lipinski definition) is 5. The molecule has 2 heterocycles. The number of benzene rings is 1. The number of fused-ring (bicyclic) bond motifs is 1. The minimum Gasteiger partial charge on any atom is -0.483 e. The van der Waals surface area contributed by atoms with Crippen LogP contribution in [0.1, 0.15) is 39.2 Å². The third-order valence-electron chi connectivity index (χ3n) is 4.91. The van der Waals surface area contributed by atoms with Gasteiger partial charge in [0.15, 0.2) is 5.11 Å². The number of nitro groups is 1. The van der Waals surface area contributed by atoms with Crippen molar-refractivity contribution >= 4 is 34.6 Å². The predicted octanol–water partition coefficient (Wildman–Crippen LogP) is 2.58. The fourth-order valence-electron chi connectivity index (χ4n) is 3.57. The Morgan fingerprint density at radius 1 is 1.39 bits per heavy atom. The van der Waals surface area contributed by atoms with Gasteiger partial charge >= 0.3 is 0 Å². The van der Waals surface area contributed by atoms with E-state index in [2.05, 4.69) is 10.6 Å². The Hall–Kier alpha value is -2.68. The van der Waals surface area contributed by atoms with Gasteiger partial charge in [0.25, 0.3) is 5.69 Å². The number of carbonyl (C=O) groups is 1. The van der Waals surface area contributed by atoms with Gasteiger partial charge in [0.05, 0.1) is 10.6 Å². The zero-order valence-electron chi connectivity index (χ0n) is 16.2. The third kappa shape index (κ3) is 3.80. The maximum Gasteiger partial charge on any atom is 0.270 e. The fraction of sp³-hybridized carbons (Fsp3) is 0.474. The van der Waals surface area contributed by atoms with Crippen molar-refractivity contribution in [3.8, 4) is 5.75 Å². The molecule has 2 N–H and O–H groups in total. The lowest BCUT2D eigenvalue weighted by atomic mass is 9.88. The molecule has 9 heteroatoms. The van der Waals surface area contributed by atoms with Crippen molar-refractivity contribution in [1.29, 1.82) is 0 Å². The molecule has 1 fully saturated rings. The van der Waals surface area contributed by atoms with E-state index in [1.54, 1.807) is 11.0 Å². The summed E-state index contributed by atoms with van der Waals surface area (Å²) in [5.74, 6) is 0.542. The summed E-state index contributed by atoms with van der Waals surface area (Å²) >= 11 is 5.27. The number of nitrogens with zero attached hydrogens (tertiary/aromatic N) is 2. The van der Waals surface area contributed by atoms with Crippen molar-refractivity contribution in [3.63, 3.8) is 0 Å². The van der Waals surface area contributed by atoms with Gasteiger partial charge in [-0.05, 0) is 45.5 Å². The van der Waals surface area contributed by atoms with E-state index in [4.69, 9.17) is 17.0 Å². The lowest BCUT2D eigenvalue weighted by molar-refractivity contribution is -0.384. The van der Waals surface area contributed by atoms with E-state index in [1.807, 2.05) is 20.8 Å². The van der Waals surface area contributed by atoms with Crippen LogP contribution in [-0.4, -0.2) is 46.1 Å². The van der Waals surface area contributed by atoms with Crippen LogP contribution in [0.25, 0.3) is 5.70 Å². The molecular weight excluding hydrogens is 380 g/mol. The number of carbonyl (C=O) groups excluding carboxylic acids is 1. The van der Waals surface area contributed by atoms with E-state index < -0.39 is 10.5 Å². The smallest absolute Gasteiger partial charge is 0.270 e. The third-order valence-corrected chi connectivity index (χ3v) is 5.20. The van der Waals surface area contributed by atoms with Crippen LogP contribution in [0.15, 0.2) is 23.8 Å². The van der Waals surface area contributed by atoms with Gasteiger partial charge in [0.1, 0.15) is 11.4 Å². The highest BCUT2D eigenvalue weighted by Gasteiger charge is 2.40. The van der Waals surface area contributed by atoms with Crippen molar-refractivity contribution in [2.24, 2.45) is 0 Å². The fourth-order valence-corrected chi connectivity index (χ4v) is 3.79. The Morgan fingerprint density at radius 3 is 2.75 bits per heavy atom. The van der Waals surface area contributed by atoms with E-state index in [9.17, 15) is 14.9 Å². The number of nitro benzene ring substituents is 1.